The first kappa shape index (κ1) is 30.3. The molecular formula is C31H36N4O7S. The second-order valence-corrected chi connectivity index (χ2v) is 13.2. The zero-order chi connectivity index (χ0) is 31.1. The van der Waals surface area contributed by atoms with Gasteiger partial charge in [0.1, 0.15) is 12.3 Å². The third-order valence-electron chi connectivity index (χ3n) is 8.25. The quantitative estimate of drug-likeness (QED) is 0.396. The van der Waals surface area contributed by atoms with Gasteiger partial charge >= 0.3 is 16.2 Å². The van der Waals surface area contributed by atoms with E-state index in [1.807, 2.05) is 28.8 Å². The molecule has 3 aromatic rings. The van der Waals surface area contributed by atoms with Crippen LogP contribution in [0.4, 0.5) is 0 Å². The van der Waals surface area contributed by atoms with E-state index in [0.717, 1.165) is 62.7 Å². The molecule has 0 saturated heterocycles. The Hall–Kier alpha value is -4.16. The topological polar surface area (TPSA) is 138 Å². The van der Waals surface area contributed by atoms with E-state index in [0.29, 0.717) is 16.8 Å². The molecular weight excluding hydrogens is 572 g/mol. The summed E-state index contributed by atoms with van der Waals surface area (Å²) in [7, 11) is 1.68. The molecule has 0 atom stereocenters. The van der Waals surface area contributed by atoms with Crippen LogP contribution in [0.25, 0.3) is 28.2 Å². The minimum Gasteiger partial charge on any atom is -0.497 e. The van der Waals surface area contributed by atoms with E-state index in [1.165, 1.54) is 27.6 Å². The van der Waals surface area contributed by atoms with E-state index in [1.54, 1.807) is 25.3 Å². The number of likely N-dealkylation sites (N-methyl/N-ethyl adjacent to an activating group) is 1. The van der Waals surface area contributed by atoms with Crippen LogP contribution in [-0.4, -0.2) is 79.9 Å². The van der Waals surface area contributed by atoms with Crippen molar-refractivity contribution in [3.63, 3.8) is 0 Å². The lowest BCUT2D eigenvalue weighted by atomic mass is 9.81. The van der Waals surface area contributed by atoms with Gasteiger partial charge in [0.05, 0.1) is 19.3 Å². The van der Waals surface area contributed by atoms with Crippen LogP contribution in [0.1, 0.15) is 59.5 Å². The maximum atomic E-state index is 13.6. The molecule has 228 valence electrons. The van der Waals surface area contributed by atoms with Crippen molar-refractivity contribution >= 4 is 45.0 Å². The second-order valence-electron chi connectivity index (χ2n) is 11.3. The molecule has 0 spiro atoms. The number of hydrogen-bond acceptors (Lipinski definition) is 6. The van der Waals surface area contributed by atoms with Gasteiger partial charge in [-0.05, 0) is 66.3 Å². The van der Waals surface area contributed by atoms with Crippen LogP contribution in [0.5, 0.6) is 5.75 Å². The van der Waals surface area contributed by atoms with Gasteiger partial charge < -0.3 is 19.3 Å². The van der Waals surface area contributed by atoms with Crippen LogP contribution < -0.4 is 9.46 Å². The summed E-state index contributed by atoms with van der Waals surface area (Å²) in [6.07, 6.45) is 7.14. The summed E-state index contributed by atoms with van der Waals surface area (Å²) in [6.45, 7) is -0.335. The number of carbonyl (C=O) groups excluding carboxylic acids is 2. The summed E-state index contributed by atoms with van der Waals surface area (Å²) in [6, 6.07) is 10.9. The standard InChI is InChI=1S/C31H36N4O7S/c1-33(2)43(40,41)32-30(38)20-10-12-25-26(16-20)35-17-22(31(39)34(3)18-27(36)37)14-21-15-23(42-4)11-13-24(21)29(35)28(25)19-8-6-5-7-9-19/h10-16,19H,5-9,17-18H2,1-4H3,(H,32,38)(H,36,37). The Morgan fingerprint density at radius 2 is 1.77 bits per heavy atom. The molecule has 1 aliphatic carbocycles. The number of carboxylic acids is 1. The van der Waals surface area contributed by atoms with Crippen LogP contribution in [0.2, 0.25) is 0 Å². The number of benzene rings is 2. The first-order chi connectivity index (χ1) is 20.4. The third-order valence-corrected chi connectivity index (χ3v) is 9.65. The molecule has 43 heavy (non-hydrogen) atoms. The SMILES string of the molecule is COc1ccc2c(c1)C=C(C(=O)N(C)CC(=O)O)Cn1c-2c(C2CCCCC2)c2ccc(C(=O)NS(=O)(=O)N(C)C)cc21. The van der Waals surface area contributed by atoms with E-state index >= 15 is 0 Å². The Balaban J connectivity index is 1.75. The van der Waals surface area contributed by atoms with E-state index in [2.05, 4.69) is 4.72 Å². The number of nitrogens with zero attached hydrogens (tertiary/aromatic N) is 3. The number of aromatic nitrogens is 1. The first-order valence-corrected chi connectivity index (χ1v) is 15.6. The van der Waals surface area contributed by atoms with Crippen molar-refractivity contribution in [2.24, 2.45) is 0 Å². The van der Waals surface area contributed by atoms with Gasteiger partial charge in [0.15, 0.2) is 0 Å². The van der Waals surface area contributed by atoms with Gasteiger partial charge in [-0.2, -0.15) is 12.7 Å². The lowest BCUT2D eigenvalue weighted by molar-refractivity contribution is -0.142. The van der Waals surface area contributed by atoms with Crippen molar-refractivity contribution in [1.82, 2.24) is 18.5 Å². The van der Waals surface area contributed by atoms with E-state index in [9.17, 15) is 27.9 Å². The number of nitrogens with one attached hydrogen (secondary N) is 1. The highest BCUT2D eigenvalue weighted by Gasteiger charge is 2.31. The van der Waals surface area contributed by atoms with Gasteiger partial charge in [-0.3, -0.25) is 14.4 Å². The molecule has 12 heteroatoms. The second kappa shape index (κ2) is 11.8. The molecule has 2 aromatic carbocycles. The van der Waals surface area contributed by atoms with Crippen molar-refractivity contribution in [2.45, 2.75) is 44.6 Å². The fraction of sp³-hybridized carbons (Fsp3) is 0.387. The highest BCUT2D eigenvalue weighted by atomic mass is 32.2. The number of carboxylic acid groups (broad SMARTS) is 1. The van der Waals surface area contributed by atoms with Crippen LogP contribution >= 0.6 is 0 Å². The minimum absolute atomic E-state index is 0.124. The number of hydrogen-bond donors (Lipinski definition) is 2. The summed E-state index contributed by atoms with van der Waals surface area (Å²) >= 11 is 0. The number of ether oxygens (including phenoxy) is 1. The van der Waals surface area contributed by atoms with Gasteiger partial charge in [-0.25, -0.2) is 4.72 Å². The molecule has 2 heterocycles. The summed E-state index contributed by atoms with van der Waals surface area (Å²) < 4.78 is 35.3. The Morgan fingerprint density at radius 1 is 1.05 bits per heavy atom. The number of carbonyl (C=O) groups is 3. The van der Waals surface area contributed by atoms with Crippen LogP contribution in [0.3, 0.4) is 0 Å². The maximum absolute atomic E-state index is 13.6. The molecule has 1 aromatic heterocycles. The number of fused-ring (bicyclic) bond motifs is 5. The predicted molar refractivity (Wildman–Crippen MR) is 163 cm³/mol. The fourth-order valence-electron chi connectivity index (χ4n) is 6.10. The normalized spacial score (nSPS) is 15.3. The molecule has 1 fully saturated rings. The lowest BCUT2D eigenvalue weighted by Crippen LogP contribution is -2.39. The van der Waals surface area contributed by atoms with Crippen LogP contribution in [0, 0.1) is 0 Å². The van der Waals surface area contributed by atoms with Gasteiger partial charge in [-0.15, -0.1) is 0 Å². The number of amides is 2. The van der Waals surface area contributed by atoms with E-state index in [-0.39, 0.29) is 18.0 Å². The van der Waals surface area contributed by atoms with Crippen LogP contribution in [0.15, 0.2) is 42.0 Å². The number of rotatable bonds is 8. The van der Waals surface area contributed by atoms with Crippen molar-refractivity contribution in [1.29, 1.82) is 0 Å². The third kappa shape index (κ3) is 5.89. The predicted octanol–water partition coefficient (Wildman–Crippen LogP) is 3.84. The molecule has 1 aliphatic heterocycles. The van der Waals surface area contributed by atoms with Gasteiger partial charge in [0, 0.05) is 48.7 Å². The Morgan fingerprint density at radius 3 is 2.42 bits per heavy atom. The molecule has 2 aliphatic rings. The zero-order valence-electron chi connectivity index (χ0n) is 24.7. The van der Waals surface area contributed by atoms with E-state index < -0.39 is 34.5 Å². The molecule has 11 nitrogen and oxygen atoms in total. The number of methoxy groups -OCH3 is 1. The van der Waals surface area contributed by atoms with Crippen molar-refractivity contribution in [3.8, 4) is 17.0 Å². The molecule has 0 unspecified atom stereocenters. The molecule has 0 bridgehead atoms. The number of aliphatic carboxylic acids is 1. The average Bonchev–Trinajstić information content (AvgIpc) is 3.18. The molecule has 0 radical (unpaired) electrons. The Labute approximate surface area is 250 Å². The summed E-state index contributed by atoms with van der Waals surface area (Å²) in [5.41, 5.74) is 4.94. The monoisotopic (exact) mass is 608 g/mol. The lowest BCUT2D eigenvalue weighted by Gasteiger charge is -2.24. The molecule has 2 amide bonds. The molecule has 5 rings (SSSR count). The van der Waals surface area contributed by atoms with Gasteiger partial charge in [0.2, 0.25) is 0 Å². The molecule has 2 N–H and O–H groups in total. The highest BCUT2D eigenvalue weighted by Crippen LogP contribution is 2.47. The van der Waals surface area contributed by atoms with Gasteiger partial charge in [-0.1, -0.05) is 25.3 Å². The Kier molecular flexibility index (Phi) is 8.35. The summed E-state index contributed by atoms with van der Waals surface area (Å²) in [5.74, 6) is -1.45. The largest absolute Gasteiger partial charge is 0.497 e. The highest BCUT2D eigenvalue weighted by molar-refractivity contribution is 7.87. The van der Waals surface area contributed by atoms with Crippen molar-refractivity contribution < 1.29 is 32.6 Å². The first-order valence-electron chi connectivity index (χ1n) is 14.2. The van der Waals surface area contributed by atoms with Crippen molar-refractivity contribution in [3.05, 3.63) is 58.7 Å². The maximum Gasteiger partial charge on any atom is 0.323 e. The fourth-order valence-corrected chi connectivity index (χ4v) is 6.63. The Bertz CT molecular complexity index is 1750. The van der Waals surface area contributed by atoms with Crippen molar-refractivity contribution in [2.75, 3.05) is 34.8 Å². The molecule has 1 saturated carbocycles. The summed E-state index contributed by atoms with van der Waals surface area (Å²) in [5, 5.41) is 10.3. The smallest absolute Gasteiger partial charge is 0.323 e. The van der Waals surface area contributed by atoms with E-state index in [4.69, 9.17) is 4.74 Å². The van der Waals surface area contributed by atoms with Crippen LogP contribution in [-0.2, 0) is 26.3 Å². The van der Waals surface area contributed by atoms with Gasteiger partial charge in [0.25, 0.3) is 11.8 Å². The summed E-state index contributed by atoms with van der Waals surface area (Å²) in [4.78, 5) is 39.3. The minimum atomic E-state index is -4.01. The average molecular weight is 609 g/mol. The zero-order valence-corrected chi connectivity index (χ0v) is 25.5.